The van der Waals surface area contributed by atoms with Gasteiger partial charge in [0.05, 0.1) is 10.6 Å². The Morgan fingerprint density at radius 1 is 0.951 bits per heavy atom. The van der Waals surface area contributed by atoms with E-state index in [9.17, 15) is 17.6 Å². The molecule has 0 spiro atoms. The van der Waals surface area contributed by atoms with Crippen molar-refractivity contribution in [2.24, 2.45) is 0 Å². The van der Waals surface area contributed by atoms with Crippen LogP contribution in [0, 0.1) is 17.7 Å². The fourth-order valence-electron chi connectivity index (χ4n) is 4.55. The van der Waals surface area contributed by atoms with Crippen LogP contribution in [0.15, 0.2) is 108 Å². The second kappa shape index (κ2) is 10.8. The second-order valence-corrected chi connectivity index (χ2v) is 11.5. The second-order valence-electron chi connectivity index (χ2n) is 9.52. The van der Waals surface area contributed by atoms with Gasteiger partial charge in [0.25, 0.3) is 5.91 Å². The van der Waals surface area contributed by atoms with Crippen molar-refractivity contribution in [2.75, 3.05) is 0 Å². The Morgan fingerprint density at radius 2 is 1.78 bits per heavy atom. The quantitative estimate of drug-likeness (QED) is 0.271. The summed E-state index contributed by atoms with van der Waals surface area (Å²) >= 11 is 0. The zero-order valence-corrected chi connectivity index (χ0v) is 22.5. The Labute approximate surface area is 235 Å². The van der Waals surface area contributed by atoms with Crippen molar-refractivity contribution in [3.63, 3.8) is 0 Å². The molecule has 41 heavy (non-hydrogen) atoms. The van der Waals surface area contributed by atoms with Gasteiger partial charge in [-0.25, -0.2) is 17.8 Å². The first kappa shape index (κ1) is 26.0. The highest BCUT2D eigenvalue weighted by Gasteiger charge is 2.21. The Hall–Kier alpha value is -5.20. The summed E-state index contributed by atoms with van der Waals surface area (Å²) < 4.78 is 42.4. The fourth-order valence-corrected chi connectivity index (χ4v) is 5.99. The molecule has 1 amide bonds. The zero-order valence-electron chi connectivity index (χ0n) is 21.6. The molecule has 0 unspecified atom stereocenters. The molecule has 0 saturated heterocycles. The highest BCUT2D eigenvalue weighted by atomic mass is 32.2. The van der Waals surface area contributed by atoms with Crippen molar-refractivity contribution in [1.29, 1.82) is 0 Å². The van der Waals surface area contributed by atoms with E-state index in [2.05, 4.69) is 27.1 Å². The van der Waals surface area contributed by atoms with E-state index in [1.165, 1.54) is 42.5 Å². The van der Waals surface area contributed by atoms with Crippen molar-refractivity contribution in [2.45, 2.75) is 17.2 Å². The number of rotatable bonds is 6. The van der Waals surface area contributed by atoms with Gasteiger partial charge in [-0.3, -0.25) is 4.79 Å². The molecule has 6 aromatic rings. The number of halogens is 1. The molecule has 3 aromatic carbocycles. The highest BCUT2D eigenvalue weighted by Crippen LogP contribution is 2.24. The molecule has 0 bridgehead atoms. The van der Waals surface area contributed by atoms with Gasteiger partial charge in [0.2, 0.25) is 0 Å². The van der Waals surface area contributed by atoms with Crippen LogP contribution in [0.25, 0.3) is 16.6 Å². The molecule has 0 aliphatic heterocycles. The number of hydrogen-bond donors (Lipinski definition) is 2. The molecule has 9 heteroatoms. The molecule has 6 rings (SSSR count). The van der Waals surface area contributed by atoms with Gasteiger partial charge in [0, 0.05) is 53.0 Å². The Kier molecular flexibility index (Phi) is 6.83. The lowest BCUT2D eigenvalue weighted by atomic mass is 10.1. The summed E-state index contributed by atoms with van der Waals surface area (Å²) in [5.41, 5.74) is 3.96. The lowest BCUT2D eigenvalue weighted by Crippen LogP contribution is -2.23. The number of para-hydroxylation sites is 1. The van der Waals surface area contributed by atoms with E-state index in [1.54, 1.807) is 12.3 Å². The SMILES string of the molecule is O=C(NCc1ccn2ccnc2c1)c1ccc(S(=O)(=O)Cc2cc3ccccc3[nH]2)c(C#Cc2ccc(F)cc2)c1. The van der Waals surface area contributed by atoms with Crippen molar-refractivity contribution in [1.82, 2.24) is 19.7 Å². The standard InChI is InChI=1S/C32H23FN4O3S/c33-27-10-6-22(7-11-27)5-8-25-18-26(32(38)35-20-23-13-15-37-16-14-34-31(37)17-23)9-12-30(25)41(39,40)21-28-19-24-3-1-2-4-29(24)36-28/h1-4,6-7,9-19,36H,20-21H2,(H,35,38). The molecule has 0 atom stereocenters. The van der Waals surface area contributed by atoms with Gasteiger partial charge in [-0.05, 0) is 77.7 Å². The fraction of sp³-hybridized carbons (Fsp3) is 0.0625. The van der Waals surface area contributed by atoms with Crippen molar-refractivity contribution >= 4 is 32.3 Å². The molecule has 2 N–H and O–H groups in total. The van der Waals surface area contributed by atoms with Gasteiger partial charge in [-0.15, -0.1) is 0 Å². The molecule has 0 aliphatic carbocycles. The van der Waals surface area contributed by atoms with Crippen LogP contribution in [0.1, 0.15) is 32.7 Å². The number of aromatic nitrogens is 3. The van der Waals surface area contributed by atoms with Crippen molar-refractivity contribution in [3.8, 4) is 11.8 Å². The molecule has 0 radical (unpaired) electrons. The number of sulfone groups is 1. The smallest absolute Gasteiger partial charge is 0.251 e. The van der Waals surface area contributed by atoms with E-state index in [0.29, 0.717) is 11.3 Å². The van der Waals surface area contributed by atoms with Crippen LogP contribution in [0.2, 0.25) is 0 Å². The van der Waals surface area contributed by atoms with Crippen molar-refractivity contribution in [3.05, 3.63) is 137 Å². The molecule has 7 nitrogen and oxygen atoms in total. The monoisotopic (exact) mass is 562 g/mol. The predicted octanol–water partition coefficient (Wildman–Crippen LogP) is 5.26. The van der Waals surface area contributed by atoms with Gasteiger partial charge in [-0.1, -0.05) is 30.0 Å². The number of carbonyl (C=O) groups excluding carboxylic acids is 1. The minimum Gasteiger partial charge on any atom is -0.358 e. The van der Waals surface area contributed by atoms with E-state index in [1.807, 2.05) is 53.2 Å². The van der Waals surface area contributed by atoms with Crippen LogP contribution in [0.4, 0.5) is 4.39 Å². The Balaban J connectivity index is 1.30. The maximum Gasteiger partial charge on any atom is 0.251 e. The molecule has 0 saturated carbocycles. The van der Waals surface area contributed by atoms with E-state index in [4.69, 9.17) is 0 Å². The third-order valence-electron chi connectivity index (χ3n) is 6.61. The van der Waals surface area contributed by atoms with Gasteiger partial charge < -0.3 is 14.7 Å². The minimum atomic E-state index is -3.85. The Morgan fingerprint density at radius 3 is 2.61 bits per heavy atom. The zero-order chi connectivity index (χ0) is 28.4. The normalized spacial score (nSPS) is 11.3. The van der Waals surface area contributed by atoms with E-state index >= 15 is 0 Å². The largest absolute Gasteiger partial charge is 0.358 e. The van der Waals surface area contributed by atoms with Gasteiger partial charge >= 0.3 is 0 Å². The highest BCUT2D eigenvalue weighted by molar-refractivity contribution is 7.90. The predicted molar refractivity (Wildman–Crippen MR) is 154 cm³/mol. The minimum absolute atomic E-state index is 0.00655. The third-order valence-corrected chi connectivity index (χ3v) is 8.33. The third kappa shape index (κ3) is 5.73. The first-order chi connectivity index (χ1) is 19.8. The summed E-state index contributed by atoms with van der Waals surface area (Å²) in [6, 6.07) is 23.1. The van der Waals surface area contributed by atoms with Gasteiger partial charge in [-0.2, -0.15) is 0 Å². The molecule has 0 fully saturated rings. The van der Waals surface area contributed by atoms with E-state index in [-0.39, 0.29) is 34.2 Å². The number of nitrogens with one attached hydrogen (secondary N) is 2. The van der Waals surface area contributed by atoms with Crippen LogP contribution in [0.5, 0.6) is 0 Å². The summed E-state index contributed by atoms with van der Waals surface area (Å²) in [4.78, 5) is 20.5. The lowest BCUT2D eigenvalue weighted by Gasteiger charge is -2.10. The maximum absolute atomic E-state index is 13.6. The first-order valence-corrected chi connectivity index (χ1v) is 14.4. The molecular formula is C32H23FN4O3S. The van der Waals surface area contributed by atoms with E-state index < -0.39 is 15.7 Å². The first-order valence-electron chi connectivity index (χ1n) is 12.7. The molecular weight excluding hydrogens is 539 g/mol. The lowest BCUT2D eigenvalue weighted by molar-refractivity contribution is 0.0950. The number of nitrogens with zero attached hydrogens (tertiary/aromatic N) is 2. The number of H-pyrrole nitrogens is 1. The van der Waals surface area contributed by atoms with Crippen LogP contribution >= 0.6 is 0 Å². The molecule has 3 heterocycles. The van der Waals surface area contributed by atoms with Crippen molar-refractivity contribution < 1.29 is 17.6 Å². The topological polar surface area (TPSA) is 96.3 Å². The Bertz CT molecular complexity index is 2050. The summed E-state index contributed by atoms with van der Waals surface area (Å²) in [5.74, 6) is 4.75. The van der Waals surface area contributed by atoms with Gasteiger partial charge in [0.1, 0.15) is 11.5 Å². The molecule has 3 aromatic heterocycles. The number of hydrogen-bond acceptors (Lipinski definition) is 4. The van der Waals surface area contributed by atoms with Crippen LogP contribution in [0.3, 0.4) is 0 Å². The molecule has 0 aliphatic rings. The maximum atomic E-state index is 13.6. The number of pyridine rings is 1. The summed E-state index contributed by atoms with van der Waals surface area (Å²) in [6.07, 6.45) is 5.39. The van der Waals surface area contributed by atoms with Crippen LogP contribution in [-0.4, -0.2) is 28.7 Å². The number of carbonyl (C=O) groups is 1. The summed E-state index contributed by atoms with van der Waals surface area (Å²) in [6.45, 7) is 0.263. The van der Waals surface area contributed by atoms with Gasteiger partial charge in [0.15, 0.2) is 9.84 Å². The number of benzene rings is 3. The summed E-state index contributed by atoms with van der Waals surface area (Å²) in [5, 5.41) is 3.78. The van der Waals surface area contributed by atoms with Crippen LogP contribution < -0.4 is 5.32 Å². The number of amides is 1. The van der Waals surface area contributed by atoms with Crippen LogP contribution in [-0.2, 0) is 22.1 Å². The van der Waals surface area contributed by atoms with E-state index in [0.717, 1.165) is 22.1 Å². The number of fused-ring (bicyclic) bond motifs is 2. The average molecular weight is 563 g/mol. The average Bonchev–Trinajstić information content (AvgIpc) is 3.61. The summed E-state index contributed by atoms with van der Waals surface area (Å²) in [7, 11) is -3.85. The molecule has 202 valence electrons. The number of aromatic amines is 1. The number of imidazole rings is 1.